The molecule has 1 rings (SSSR count). The fraction of sp³-hybridized carbons (Fsp3) is 0.286. The summed E-state index contributed by atoms with van der Waals surface area (Å²) in [6, 6.07) is -0.641. The predicted molar refractivity (Wildman–Crippen MR) is 43.4 cm³/mol. The van der Waals surface area contributed by atoms with Crippen molar-refractivity contribution >= 4 is 17.5 Å². The standard InChI is InChI=1S/C7H9N3O2/c8-6(11)4-2-1-3-5(10-4)7(9)12/h1-2,5H,3H2,(H2,8,11)(H2,9,12). The normalized spacial score (nSPS) is 21.7. The number of primary amides is 2. The summed E-state index contributed by atoms with van der Waals surface area (Å²) >= 11 is 0. The van der Waals surface area contributed by atoms with Gasteiger partial charge < -0.3 is 11.5 Å². The van der Waals surface area contributed by atoms with Crippen LogP contribution in [0, 0.1) is 0 Å². The molecule has 0 aliphatic carbocycles. The lowest BCUT2D eigenvalue weighted by atomic mass is 10.1. The van der Waals surface area contributed by atoms with Crippen LogP contribution in [0.4, 0.5) is 0 Å². The molecule has 0 aromatic carbocycles. The van der Waals surface area contributed by atoms with E-state index < -0.39 is 17.9 Å². The van der Waals surface area contributed by atoms with E-state index in [1.54, 1.807) is 6.08 Å². The molecule has 0 fully saturated rings. The van der Waals surface area contributed by atoms with Gasteiger partial charge in [-0.1, -0.05) is 6.08 Å². The average molecular weight is 167 g/mol. The zero-order valence-corrected chi connectivity index (χ0v) is 6.36. The van der Waals surface area contributed by atoms with Crippen LogP contribution in [0.5, 0.6) is 0 Å². The Morgan fingerprint density at radius 3 is 2.67 bits per heavy atom. The number of nitrogens with two attached hydrogens (primary N) is 2. The predicted octanol–water partition coefficient (Wildman–Crippen LogP) is -1.27. The van der Waals surface area contributed by atoms with Crippen LogP contribution in [0.3, 0.4) is 0 Å². The van der Waals surface area contributed by atoms with Crippen LogP contribution in [0.1, 0.15) is 6.42 Å². The smallest absolute Gasteiger partial charge is 0.266 e. The molecule has 0 radical (unpaired) electrons. The average Bonchev–Trinajstić information content (AvgIpc) is 2.04. The Labute approximate surface area is 69.1 Å². The number of hydrogen-bond donors (Lipinski definition) is 2. The summed E-state index contributed by atoms with van der Waals surface area (Å²) in [6.45, 7) is 0. The van der Waals surface area contributed by atoms with Gasteiger partial charge in [0.1, 0.15) is 11.8 Å². The molecule has 1 aliphatic rings. The molecule has 1 unspecified atom stereocenters. The van der Waals surface area contributed by atoms with Crippen LogP contribution in [0.2, 0.25) is 0 Å². The second-order valence-electron chi connectivity index (χ2n) is 2.43. The van der Waals surface area contributed by atoms with E-state index in [0.717, 1.165) is 0 Å². The Morgan fingerprint density at radius 2 is 2.17 bits per heavy atom. The Morgan fingerprint density at radius 1 is 1.50 bits per heavy atom. The molecular formula is C7H9N3O2. The molecule has 64 valence electrons. The lowest BCUT2D eigenvalue weighted by Crippen LogP contribution is -2.32. The van der Waals surface area contributed by atoms with E-state index in [9.17, 15) is 9.59 Å². The molecule has 0 aromatic heterocycles. The fourth-order valence-corrected chi connectivity index (χ4v) is 0.898. The number of dihydropyridines is 1. The number of rotatable bonds is 2. The molecule has 0 saturated heterocycles. The van der Waals surface area contributed by atoms with Crippen molar-refractivity contribution in [2.24, 2.45) is 16.5 Å². The number of amides is 2. The number of hydrogen-bond acceptors (Lipinski definition) is 3. The molecule has 2 amide bonds. The van der Waals surface area contributed by atoms with Crippen molar-refractivity contribution in [3.8, 4) is 0 Å². The maximum Gasteiger partial charge on any atom is 0.266 e. The Kier molecular flexibility index (Phi) is 2.23. The minimum absolute atomic E-state index is 0.102. The molecule has 5 nitrogen and oxygen atoms in total. The van der Waals surface area contributed by atoms with Crippen LogP contribution in [0.25, 0.3) is 0 Å². The van der Waals surface area contributed by atoms with Gasteiger partial charge in [0, 0.05) is 0 Å². The molecule has 1 heterocycles. The summed E-state index contributed by atoms with van der Waals surface area (Å²) in [5, 5.41) is 0. The van der Waals surface area contributed by atoms with Gasteiger partial charge in [0.05, 0.1) is 0 Å². The second kappa shape index (κ2) is 3.17. The van der Waals surface area contributed by atoms with Gasteiger partial charge in [-0.05, 0) is 12.5 Å². The van der Waals surface area contributed by atoms with Gasteiger partial charge in [0.25, 0.3) is 5.91 Å². The van der Waals surface area contributed by atoms with Crippen LogP contribution in [-0.4, -0.2) is 23.6 Å². The van der Waals surface area contributed by atoms with Gasteiger partial charge in [-0.3, -0.25) is 14.6 Å². The van der Waals surface area contributed by atoms with E-state index in [2.05, 4.69) is 4.99 Å². The SMILES string of the molecule is NC(=O)C1=NC(C(N)=O)CC=C1. The lowest BCUT2D eigenvalue weighted by Gasteiger charge is -2.10. The minimum atomic E-state index is -0.641. The van der Waals surface area contributed by atoms with Crippen molar-refractivity contribution < 1.29 is 9.59 Å². The van der Waals surface area contributed by atoms with Crippen molar-refractivity contribution in [3.63, 3.8) is 0 Å². The first-order valence-electron chi connectivity index (χ1n) is 3.44. The van der Waals surface area contributed by atoms with Crippen molar-refractivity contribution in [2.75, 3.05) is 0 Å². The van der Waals surface area contributed by atoms with Crippen LogP contribution >= 0.6 is 0 Å². The van der Waals surface area contributed by atoms with Crippen molar-refractivity contribution in [1.29, 1.82) is 0 Å². The second-order valence-corrected chi connectivity index (χ2v) is 2.43. The zero-order chi connectivity index (χ0) is 9.14. The number of aliphatic imine (C=N–C) groups is 1. The summed E-state index contributed by atoms with van der Waals surface area (Å²) in [7, 11) is 0. The first-order valence-corrected chi connectivity index (χ1v) is 3.44. The highest BCUT2D eigenvalue weighted by Gasteiger charge is 2.17. The maximum atomic E-state index is 10.7. The van der Waals surface area contributed by atoms with Gasteiger partial charge in [-0.15, -0.1) is 0 Å². The monoisotopic (exact) mass is 167 g/mol. The number of carbonyl (C=O) groups excluding carboxylic acids is 2. The third-order valence-corrected chi connectivity index (χ3v) is 1.51. The molecule has 1 aliphatic heterocycles. The van der Waals surface area contributed by atoms with Gasteiger partial charge in [-0.25, -0.2) is 0 Å². The Balaban J connectivity index is 2.82. The summed E-state index contributed by atoms with van der Waals surface area (Å²) < 4.78 is 0. The van der Waals surface area contributed by atoms with E-state index in [1.807, 2.05) is 0 Å². The number of nitrogens with zero attached hydrogens (tertiary/aromatic N) is 1. The minimum Gasteiger partial charge on any atom is -0.368 e. The highest BCUT2D eigenvalue weighted by molar-refractivity contribution is 6.43. The number of carbonyl (C=O) groups is 2. The van der Waals surface area contributed by atoms with Gasteiger partial charge in [-0.2, -0.15) is 0 Å². The van der Waals surface area contributed by atoms with Gasteiger partial charge in [0.2, 0.25) is 5.91 Å². The third-order valence-electron chi connectivity index (χ3n) is 1.51. The lowest BCUT2D eigenvalue weighted by molar-refractivity contribution is -0.119. The molecule has 0 spiro atoms. The summed E-state index contributed by atoms with van der Waals surface area (Å²) in [6.07, 6.45) is 3.58. The summed E-state index contributed by atoms with van der Waals surface area (Å²) in [5.74, 6) is -1.18. The van der Waals surface area contributed by atoms with E-state index in [1.165, 1.54) is 6.08 Å². The molecular weight excluding hydrogens is 158 g/mol. The Bertz CT molecular complexity index is 280. The van der Waals surface area contributed by atoms with Crippen LogP contribution in [0.15, 0.2) is 17.1 Å². The highest BCUT2D eigenvalue weighted by Crippen LogP contribution is 2.05. The highest BCUT2D eigenvalue weighted by atomic mass is 16.2. The van der Waals surface area contributed by atoms with E-state index >= 15 is 0 Å². The molecule has 0 aromatic rings. The fourth-order valence-electron chi connectivity index (χ4n) is 0.898. The van der Waals surface area contributed by atoms with E-state index in [-0.39, 0.29) is 5.71 Å². The van der Waals surface area contributed by atoms with Crippen molar-refractivity contribution in [2.45, 2.75) is 12.5 Å². The molecule has 0 bridgehead atoms. The van der Waals surface area contributed by atoms with Gasteiger partial charge in [0.15, 0.2) is 0 Å². The maximum absolute atomic E-state index is 10.7. The van der Waals surface area contributed by atoms with Gasteiger partial charge >= 0.3 is 0 Å². The third kappa shape index (κ3) is 1.69. The molecule has 0 saturated carbocycles. The largest absolute Gasteiger partial charge is 0.368 e. The van der Waals surface area contributed by atoms with Crippen molar-refractivity contribution in [1.82, 2.24) is 0 Å². The van der Waals surface area contributed by atoms with E-state index in [4.69, 9.17) is 11.5 Å². The zero-order valence-electron chi connectivity index (χ0n) is 6.36. The quantitative estimate of drug-likeness (QED) is 0.535. The molecule has 5 heteroatoms. The summed E-state index contributed by atoms with van der Waals surface area (Å²) in [5.41, 5.74) is 10.1. The topological polar surface area (TPSA) is 98.5 Å². The summed E-state index contributed by atoms with van der Waals surface area (Å²) in [4.78, 5) is 25.0. The first-order chi connectivity index (χ1) is 5.61. The molecule has 1 atom stereocenters. The molecule has 12 heavy (non-hydrogen) atoms. The van der Waals surface area contributed by atoms with Crippen LogP contribution < -0.4 is 11.5 Å². The van der Waals surface area contributed by atoms with E-state index in [0.29, 0.717) is 6.42 Å². The Hall–Kier alpha value is -1.65. The van der Waals surface area contributed by atoms with Crippen molar-refractivity contribution in [3.05, 3.63) is 12.2 Å². The first kappa shape index (κ1) is 8.45. The molecule has 4 N–H and O–H groups in total. The van der Waals surface area contributed by atoms with Crippen LogP contribution in [-0.2, 0) is 9.59 Å².